The lowest BCUT2D eigenvalue weighted by molar-refractivity contribution is 0.432. The smallest absolute Gasteiger partial charge is 0.259 e. The predicted molar refractivity (Wildman–Crippen MR) is 79.3 cm³/mol. The Labute approximate surface area is 121 Å². The lowest BCUT2D eigenvalue weighted by atomic mass is 10.1. The highest BCUT2D eigenvalue weighted by Crippen LogP contribution is 2.30. The Balaban J connectivity index is 2.07. The summed E-state index contributed by atoms with van der Waals surface area (Å²) in [6.45, 7) is 1.93. The minimum atomic E-state index is 0.396. The molecule has 0 spiro atoms. The van der Waals surface area contributed by atoms with Crippen LogP contribution in [0.5, 0.6) is 0 Å². The molecule has 0 saturated heterocycles. The Morgan fingerprint density at radius 3 is 2.60 bits per heavy atom. The van der Waals surface area contributed by atoms with Crippen LogP contribution in [0.1, 0.15) is 5.56 Å². The van der Waals surface area contributed by atoms with E-state index < -0.39 is 0 Å². The lowest BCUT2D eigenvalue weighted by Gasteiger charge is -2.03. The molecule has 3 rings (SSSR count). The topological polar surface area (TPSA) is 64.9 Å². The second-order valence-corrected chi connectivity index (χ2v) is 4.83. The van der Waals surface area contributed by atoms with Gasteiger partial charge in [0.1, 0.15) is 0 Å². The van der Waals surface area contributed by atoms with Gasteiger partial charge in [0.2, 0.25) is 5.82 Å². The van der Waals surface area contributed by atoms with Crippen LogP contribution in [0.4, 0.5) is 5.69 Å². The summed E-state index contributed by atoms with van der Waals surface area (Å²) >= 11 is 6.12. The van der Waals surface area contributed by atoms with Crippen LogP contribution in [0.2, 0.25) is 5.02 Å². The molecule has 0 aliphatic rings. The Bertz CT molecular complexity index is 767. The summed E-state index contributed by atoms with van der Waals surface area (Å²) in [5.74, 6) is 0.900. The van der Waals surface area contributed by atoms with Crippen LogP contribution in [0, 0.1) is 6.92 Å². The molecular weight excluding hydrogens is 274 g/mol. The number of hydrogen-bond donors (Lipinski definition) is 1. The number of benzene rings is 2. The number of nitrogen functional groups attached to an aromatic ring is 1. The van der Waals surface area contributed by atoms with Crippen molar-refractivity contribution in [2.45, 2.75) is 6.92 Å². The molecule has 0 aliphatic heterocycles. The Morgan fingerprint density at radius 2 is 1.80 bits per heavy atom. The molecule has 2 N–H and O–H groups in total. The van der Waals surface area contributed by atoms with Crippen LogP contribution >= 0.6 is 11.6 Å². The lowest BCUT2D eigenvalue weighted by Crippen LogP contribution is -1.92. The predicted octanol–water partition coefficient (Wildman–Crippen LogP) is 3.95. The maximum Gasteiger partial charge on any atom is 0.259 e. The summed E-state index contributed by atoms with van der Waals surface area (Å²) < 4.78 is 5.29. The first-order chi connectivity index (χ1) is 9.66. The van der Waals surface area contributed by atoms with E-state index in [4.69, 9.17) is 21.9 Å². The fourth-order valence-corrected chi connectivity index (χ4v) is 2.19. The van der Waals surface area contributed by atoms with Gasteiger partial charge < -0.3 is 10.3 Å². The van der Waals surface area contributed by atoms with Gasteiger partial charge in [0.05, 0.1) is 10.6 Å². The van der Waals surface area contributed by atoms with E-state index in [2.05, 4.69) is 10.1 Å². The molecule has 0 saturated carbocycles. The van der Waals surface area contributed by atoms with Gasteiger partial charge in [-0.2, -0.15) is 4.98 Å². The molecule has 1 heterocycles. The van der Waals surface area contributed by atoms with E-state index in [1.165, 1.54) is 0 Å². The van der Waals surface area contributed by atoms with E-state index in [0.717, 1.165) is 16.7 Å². The molecule has 0 radical (unpaired) electrons. The molecule has 3 aromatic rings. The summed E-state index contributed by atoms with van der Waals surface area (Å²) in [5, 5.41) is 4.58. The summed E-state index contributed by atoms with van der Waals surface area (Å²) in [6.07, 6.45) is 0. The van der Waals surface area contributed by atoms with E-state index in [9.17, 15) is 0 Å². The van der Waals surface area contributed by atoms with Crippen molar-refractivity contribution < 1.29 is 4.52 Å². The second kappa shape index (κ2) is 4.98. The molecule has 2 aromatic carbocycles. The molecule has 0 unspecified atom stereocenters. The van der Waals surface area contributed by atoms with Crippen LogP contribution < -0.4 is 5.73 Å². The molecule has 20 heavy (non-hydrogen) atoms. The number of nitrogens with two attached hydrogens (primary N) is 1. The zero-order valence-electron chi connectivity index (χ0n) is 10.8. The standard InChI is InChI=1S/C15H12ClN3O/c1-9-10(6-4-8-13(9)17)14-18-15(20-19-14)11-5-2-3-7-12(11)16/h2-8H,17H2,1H3. The van der Waals surface area contributed by atoms with Gasteiger partial charge in [0.15, 0.2) is 0 Å². The first kappa shape index (κ1) is 12.7. The van der Waals surface area contributed by atoms with Crippen molar-refractivity contribution in [2.75, 3.05) is 5.73 Å². The van der Waals surface area contributed by atoms with Crippen LogP contribution in [0.25, 0.3) is 22.8 Å². The molecule has 1 aromatic heterocycles. The molecule has 5 heteroatoms. The molecule has 0 atom stereocenters. The monoisotopic (exact) mass is 285 g/mol. The van der Waals surface area contributed by atoms with E-state index in [-0.39, 0.29) is 0 Å². The fraction of sp³-hybridized carbons (Fsp3) is 0.0667. The van der Waals surface area contributed by atoms with E-state index >= 15 is 0 Å². The summed E-state index contributed by atoms with van der Waals surface area (Å²) in [7, 11) is 0. The molecule has 4 nitrogen and oxygen atoms in total. The molecule has 0 aliphatic carbocycles. The van der Waals surface area contributed by atoms with Crippen molar-refractivity contribution in [2.24, 2.45) is 0 Å². The number of anilines is 1. The fourth-order valence-electron chi connectivity index (χ4n) is 1.97. The van der Waals surface area contributed by atoms with Crippen molar-refractivity contribution >= 4 is 17.3 Å². The number of rotatable bonds is 2. The quantitative estimate of drug-likeness (QED) is 0.724. The third kappa shape index (κ3) is 2.14. The number of aromatic nitrogens is 2. The molecule has 0 amide bonds. The summed E-state index contributed by atoms with van der Waals surface area (Å²) in [5.41, 5.74) is 9.09. The Morgan fingerprint density at radius 1 is 1.05 bits per heavy atom. The molecule has 0 bridgehead atoms. The van der Waals surface area contributed by atoms with Crippen LogP contribution in [-0.2, 0) is 0 Å². The first-order valence-corrected chi connectivity index (χ1v) is 6.48. The molecule has 0 fully saturated rings. The van der Waals surface area contributed by atoms with Gasteiger partial charge in [0, 0.05) is 11.3 Å². The minimum Gasteiger partial charge on any atom is -0.398 e. The highest BCUT2D eigenvalue weighted by atomic mass is 35.5. The Hall–Kier alpha value is -2.33. The largest absolute Gasteiger partial charge is 0.398 e. The van der Waals surface area contributed by atoms with Crippen molar-refractivity contribution in [3.8, 4) is 22.8 Å². The minimum absolute atomic E-state index is 0.396. The van der Waals surface area contributed by atoms with E-state index in [0.29, 0.717) is 22.4 Å². The highest BCUT2D eigenvalue weighted by Gasteiger charge is 2.14. The zero-order chi connectivity index (χ0) is 14.1. The normalized spacial score (nSPS) is 10.7. The molecule has 100 valence electrons. The number of hydrogen-bond acceptors (Lipinski definition) is 4. The van der Waals surface area contributed by atoms with Crippen LogP contribution in [0.15, 0.2) is 47.0 Å². The van der Waals surface area contributed by atoms with Crippen molar-refractivity contribution in [1.82, 2.24) is 10.1 Å². The second-order valence-electron chi connectivity index (χ2n) is 4.42. The summed E-state index contributed by atoms with van der Waals surface area (Å²) in [4.78, 5) is 4.40. The van der Waals surface area contributed by atoms with Gasteiger partial charge in [-0.25, -0.2) is 0 Å². The van der Waals surface area contributed by atoms with Crippen LogP contribution in [0.3, 0.4) is 0 Å². The maximum atomic E-state index is 6.12. The van der Waals surface area contributed by atoms with Crippen LogP contribution in [-0.4, -0.2) is 10.1 Å². The van der Waals surface area contributed by atoms with Gasteiger partial charge in [-0.3, -0.25) is 0 Å². The van der Waals surface area contributed by atoms with Crippen molar-refractivity contribution in [3.05, 3.63) is 53.1 Å². The Kier molecular flexibility index (Phi) is 3.16. The SMILES string of the molecule is Cc1c(N)cccc1-c1noc(-c2ccccc2Cl)n1. The van der Waals surface area contributed by atoms with Crippen molar-refractivity contribution in [3.63, 3.8) is 0 Å². The van der Waals surface area contributed by atoms with Gasteiger partial charge in [-0.15, -0.1) is 0 Å². The average Bonchev–Trinajstić information content (AvgIpc) is 2.92. The third-order valence-corrected chi connectivity index (χ3v) is 3.48. The number of nitrogens with zero attached hydrogens (tertiary/aromatic N) is 2. The van der Waals surface area contributed by atoms with Gasteiger partial charge in [-0.05, 0) is 30.7 Å². The van der Waals surface area contributed by atoms with Gasteiger partial charge in [0.25, 0.3) is 5.89 Å². The zero-order valence-corrected chi connectivity index (χ0v) is 11.6. The average molecular weight is 286 g/mol. The maximum absolute atomic E-state index is 6.12. The van der Waals surface area contributed by atoms with Gasteiger partial charge in [-0.1, -0.05) is 41.0 Å². The van der Waals surface area contributed by atoms with Crippen molar-refractivity contribution in [1.29, 1.82) is 0 Å². The summed E-state index contributed by atoms with van der Waals surface area (Å²) in [6, 6.07) is 13.0. The number of halogens is 1. The highest BCUT2D eigenvalue weighted by molar-refractivity contribution is 6.33. The van der Waals surface area contributed by atoms with Gasteiger partial charge >= 0.3 is 0 Å². The molecular formula is C15H12ClN3O. The first-order valence-electron chi connectivity index (χ1n) is 6.11. The van der Waals surface area contributed by atoms with E-state index in [1.807, 2.05) is 43.3 Å². The van der Waals surface area contributed by atoms with E-state index in [1.54, 1.807) is 6.07 Å². The third-order valence-electron chi connectivity index (χ3n) is 3.15.